The fourth-order valence-electron chi connectivity index (χ4n) is 1.80. The summed E-state index contributed by atoms with van der Waals surface area (Å²) in [6.45, 7) is 9.90. The van der Waals surface area contributed by atoms with Crippen LogP contribution in [0, 0.1) is 11.8 Å². The normalized spacial score (nSPS) is 14.4. The highest BCUT2D eigenvalue weighted by molar-refractivity contribution is 5.82. The van der Waals surface area contributed by atoms with E-state index in [1.165, 1.54) is 0 Å². The Hall–Kier alpha value is -1.26. The Bertz CT molecular complexity index is 277. The summed E-state index contributed by atoms with van der Waals surface area (Å²) in [6.07, 6.45) is 1.26. The van der Waals surface area contributed by atoms with E-state index in [1.54, 1.807) is 0 Å². The number of carbonyl (C=O) groups excluding carboxylic acids is 1. The Balaban J connectivity index is 4.37. The third-order valence-electron chi connectivity index (χ3n) is 2.87. The molecule has 2 amide bonds. The number of carboxylic acids is 1. The second-order valence-electron chi connectivity index (χ2n) is 5.40. The first-order chi connectivity index (χ1) is 8.27. The highest BCUT2D eigenvalue weighted by Gasteiger charge is 2.22. The van der Waals surface area contributed by atoms with Crippen molar-refractivity contribution in [2.45, 2.75) is 59.5 Å². The van der Waals surface area contributed by atoms with E-state index in [0.29, 0.717) is 12.3 Å². The van der Waals surface area contributed by atoms with Crippen LogP contribution < -0.4 is 10.6 Å². The van der Waals surface area contributed by atoms with Gasteiger partial charge in [-0.15, -0.1) is 0 Å². The first-order valence-electron chi connectivity index (χ1n) is 6.57. The van der Waals surface area contributed by atoms with Crippen molar-refractivity contribution in [3.05, 3.63) is 0 Å². The molecule has 5 heteroatoms. The molecule has 0 aliphatic carbocycles. The van der Waals surface area contributed by atoms with Gasteiger partial charge in [-0.05, 0) is 24.7 Å². The van der Waals surface area contributed by atoms with Crippen molar-refractivity contribution in [3.63, 3.8) is 0 Å². The molecule has 1 unspecified atom stereocenters. The highest BCUT2D eigenvalue weighted by atomic mass is 16.4. The Morgan fingerprint density at radius 2 is 1.67 bits per heavy atom. The van der Waals surface area contributed by atoms with Crippen LogP contribution in [-0.4, -0.2) is 29.2 Å². The maximum atomic E-state index is 11.7. The maximum Gasteiger partial charge on any atom is 0.326 e. The summed E-state index contributed by atoms with van der Waals surface area (Å²) in [5.41, 5.74) is 0. The van der Waals surface area contributed by atoms with Gasteiger partial charge in [0.1, 0.15) is 6.04 Å². The second-order valence-corrected chi connectivity index (χ2v) is 5.40. The smallest absolute Gasteiger partial charge is 0.326 e. The first-order valence-corrected chi connectivity index (χ1v) is 6.57. The number of rotatable bonds is 7. The van der Waals surface area contributed by atoms with Crippen LogP contribution in [0.5, 0.6) is 0 Å². The summed E-state index contributed by atoms with van der Waals surface area (Å²) < 4.78 is 0. The van der Waals surface area contributed by atoms with Crippen molar-refractivity contribution in [3.8, 4) is 0 Å². The van der Waals surface area contributed by atoms with Crippen LogP contribution in [0.2, 0.25) is 0 Å². The zero-order chi connectivity index (χ0) is 14.3. The lowest BCUT2D eigenvalue weighted by molar-refractivity contribution is -0.139. The van der Waals surface area contributed by atoms with E-state index in [1.807, 2.05) is 34.6 Å². The van der Waals surface area contributed by atoms with E-state index in [-0.39, 0.29) is 12.0 Å². The Labute approximate surface area is 109 Å². The highest BCUT2D eigenvalue weighted by Crippen LogP contribution is 2.07. The van der Waals surface area contributed by atoms with Crippen LogP contribution in [0.25, 0.3) is 0 Å². The molecular weight excluding hydrogens is 232 g/mol. The molecule has 0 spiro atoms. The molecule has 0 bridgehead atoms. The Kier molecular flexibility index (Phi) is 7.39. The van der Waals surface area contributed by atoms with Crippen molar-refractivity contribution in [1.82, 2.24) is 10.6 Å². The molecule has 0 fully saturated rings. The van der Waals surface area contributed by atoms with E-state index in [2.05, 4.69) is 10.6 Å². The van der Waals surface area contributed by atoms with Gasteiger partial charge in [-0.25, -0.2) is 9.59 Å². The van der Waals surface area contributed by atoms with Gasteiger partial charge >= 0.3 is 12.0 Å². The molecule has 0 heterocycles. The summed E-state index contributed by atoms with van der Waals surface area (Å²) in [5.74, 6) is -0.441. The molecule has 0 saturated heterocycles. The molecule has 5 nitrogen and oxygen atoms in total. The Morgan fingerprint density at radius 3 is 2.00 bits per heavy atom. The lowest BCUT2D eigenvalue weighted by Crippen LogP contribution is -2.50. The summed E-state index contributed by atoms with van der Waals surface area (Å²) in [5, 5.41) is 14.4. The lowest BCUT2D eigenvalue weighted by Gasteiger charge is -2.23. The number of urea groups is 1. The molecule has 0 aromatic carbocycles. The zero-order valence-electron chi connectivity index (χ0n) is 12.0. The van der Waals surface area contributed by atoms with E-state index < -0.39 is 18.0 Å². The van der Waals surface area contributed by atoms with Gasteiger partial charge in [0.25, 0.3) is 0 Å². The van der Waals surface area contributed by atoms with Crippen molar-refractivity contribution < 1.29 is 14.7 Å². The fraction of sp³-hybridized carbons (Fsp3) is 0.846. The summed E-state index contributed by atoms with van der Waals surface area (Å²) in [6, 6.07) is -1.16. The number of hydrogen-bond donors (Lipinski definition) is 3. The average Bonchev–Trinajstić information content (AvgIpc) is 2.23. The van der Waals surface area contributed by atoms with Gasteiger partial charge in [0.15, 0.2) is 0 Å². The molecule has 0 aromatic rings. The number of hydrogen-bond acceptors (Lipinski definition) is 2. The standard InChI is InChI=1S/C13H26N2O3/c1-6-10(9(4)5)14-13(18)15-11(12(16)17)7-8(2)3/h8-11H,6-7H2,1-5H3,(H,16,17)(H2,14,15,18)/t10?,11-/m1/s1. The van der Waals surface area contributed by atoms with Gasteiger partial charge in [0, 0.05) is 6.04 Å². The third kappa shape index (κ3) is 6.47. The number of aliphatic carboxylic acids is 1. The minimum Gasteiger partial charge on any atom is -0.480 e. The molecule has 0 aliphatic rings. The molecule has 0 saturated carbocycles. The van der Waals surface area contributed by atoms with Crippen LogP contribution in [0.4, 0.5) is 4.79 Å². The monoisotopic (exact) mass is 258 g/mol. The van der Waals surface area contributed by atoms with Crippen LogP contribution >= 0.6 is 0 Å². The SMILES string of the molecule is CCC(NC(=O)N[C@H](CC(C)C)C(=O)O)C(C)C. The van der Waals surface area contributed by atoms with Gasteiger partial charge in [-0.2, -0.15) is 0 Å². The lowest BCUT2D eigenvalue weighted by atomic mass is 10.0. The van der Waals surface area contributed by atoms with Crippen LogP contribution in [0.15, 0.2) is 0 Å². The molecule has 0 radical (unpaired) electrons. The van der Waals surface area contributed by atoms with Crippen LogP contribution in [-0.2, 0) is 4.79 Å². The number of carboxylic acid groups (broad SMARTS) is 1. The summed E-state index contributed by atoms with van der Waals surface area (Å²) in [4.78, 5) is 22.7. The molecule has 2 atom stereocenters. The molecule has 0 rings (SSSR count). The molecule has 0 aliphatic heterocycles. The van der Waals surface area contributed by atoms with Gasteiger partial charge in [-0.1, -0.05) is 34.6 Å². The molecule has 0 aromatic heterocycles. The number of amides is 2. The first kappa shape index (κ1) is 16.7. The quantitative estimate of drug-likeness (QED) is 0.655. The van der Waals surface area contributed by atoms with Gasteiger partial charge in [-0.3, -0.25) is 0 Å². The van der Waals surface area contributed by atoms with Crippen molar-refractivity contribution in [2.24, 2.45) is 11.8 Å². The van der Waals surface area contributed by atoms with Crippen LogP contribution in [0.3, 0.4) is 0 Å². The number of carbonyl (C=O) groups is 2. The van der Waals surface area contributed by atoms with Crippen molar-refractivity contribution >= 4 is 12.0 Å². The van der Waals surface area contributed by atoms with Crippen LogP contribution in [0.1, 0.15) is 47.5 Å². The minimum absolute atomic E-state index is 0.0681. The zero-order valence-corrected chi connectivity index (χ0v) is 12.0. The van der Waals surface area contributed by atoms with E-state index in [4.69, 9.17) is 5.11 Å². The predicted molar refractivity (Wildman–Crippen MR) is 71.5 cm³/mol. The molecule has 18 heavy (non-hydrogen) atoms. The summed E-state index contributed by atoms with van der Waals surface area (Å²) >= 11 is 0. The van der Waals surface area contributed by atoms with E-state index in [0.717, 1.165) is 6.42 Å². The average molecular weight is 258 g/mol. The molecular formula is C13H26N2O3. The van der Waals surface area contributed by atoms with E-state index in [9.17, 15) is 9.59 Å². The van der Waals surface area contributed by atoms with Gasteiger partial charge in [0.2, 0.25) is 0 Å². The number of nitrogens with one attached hydrogen (secondary N) is 2. The topological polar surface area (TPSA) is 78.4 Å². The maximum absolute atomic E-state index is 11.7. The van der Waals surface area contributed by atoms with Gasteiger partial charge in [0.05, 0.1) is 0 Å². The van der Waals surface area contributed by atoms with Gasteiger partial charge < -0.3 is 15.7 Å². The van der Waals surface area contributed by atoms with Crippen molar-refractivity contribution in [2.75, 3.05) is 0 Å². The predicted octanol–water partition coefficient (Wildman–Crippen LogP) is 2.22. The fourth-order valence-corrected chi connectivity index (χ4v) is 1.80. The molecule has 106 valence electrons. The minimum atomic E-state index is -0.989. The van der Waals surface area contributed by atoms with Crippen molar-refractivity contribution in [1.29, 1.82) is 0 Å². The van der Waals surface area contributed by atoms with E-state index >= 15 is 0 Å². The Morgan fingerprint density at radius 1 is 1.11 bits per heavy atom. The third-order valence-corrected chi connectivity index (χ3v) is 2.87. The summed E-state index contributed by atoms with van der Waals surface area (Å²) in [7, 11) is 0. The largest absolute Gasteiger partial charge is 0.480 e. The molecule has 3 N–H and O–H groups in total. The second kappa shape index (κ2) is 7.95.